The van der Waals surface area contributed by atoms with E-state index in [1.165, 1.54) is 32.1 Å². The van der Waals surface area contributed by atoms with Crippen LogP contribution in [0.3, 0.4) is 0 Å². The first-order valence-electron chi connectivity index (χ1n) is 8.05. The fraction of sp³-hybridized carbons (Fsp3) is 0.938. The average Bonchev–Trinajstić information content (AvgIpc) is 2.38. The third kappa shape index (κ3) is 6.42. The summed E-state index contributed by atoms with van der Waals surface area (Å²) in [6.07, 6.45) is 7.30. The second kappa shape index (κ2) is 8.57. The molecule has 19 heavy (non-hydrogen) atoms. The maximum absolute atomic E-state index is 12.3. The molecule has 1 rings (SSSR count). The van der Waals surface area contributed by atoms with Crippen molar-refractivity contribution in [2.75, 3.05) is 13.1 Å². The van der Waals surface area contributed by atoms with E-state index < -0.39 is 0 Å². The van der Waals surface area contributed by atoms with Gasteiger partial charge in [0.05, 0.1) is 6.04 Å². The van der Waals surface area contributed by atoms with Gasteiger partial charge in [-0.05, 0) is 45.4 Å². The van der Waals surface area contributed by atoms with Crippen LogP contribution in [0.1, 0.15) is 66.2 Å². The Morgan fingerprint density at radius 1 is 1.05 bits per heavy atom. The Balaban J connectivity index is 2.24. The quantitative estimate of drug-likeness (QED) is 0.769. The Bertz CT molecular complexity index is 259. The van der Waals surface area contributed by atoms with E-state index in [1.54, 1.807) is 0 Å². The van der Waals surface area contributed by atoms with Crippen molar-refractivity contribution < 1.29 is 4.79 Å². The van der Waals surface area contributed by atoms with Crippen LogP contribution in [0.5, 0.6) is 0 Å². The predicted molar refractivity (Wildman–Crippen MR) is 81.2 cm³/mol. The lowest BCUT2D eigenvalue weighted by atomic mass is 10.0. The molecule has 0 aromatic heterocycles. The van der Waals surface area contributed by atoms with Gasteiger partial charge in [-0.2, -0.15) is 0 Å². The molecule has 1 heterocycles. The van der Waals surface area contributed by atoms with Gasteiger partial charge in [0.15, 0.2) is 0 Å². The molecule has 0 radical (unpaired) electrons. The van der Waals surface area contributed by atoms with Gasteiger partial charge in [-0.1, -0.05) is 26.7 Å². The van der Waals surface area contributed by atoms with Crippen LogP contribution >= 0.6 is 0 Å². The maximum atomic E-state index is 12.3. The van der Waals surface area contributed by atoms with Gasteiger partial charge in [0.1, 0.15) is 0 Å². The lowest BCUT2D eigenvalue weighted by molar-refractivity contribution is -0.134. The van der Waals surface area contributed by atoms with Gasteiger partial charge in [0, 0.05) is 19.1 Å². The Labute approximate surface area is 119 Å². The Morgan fingerprint density at radius 3 is 2.26 bits per heavy atom. The van der Waals surface area contributed by atoms with Crippen molar-refractivity contribution in [2.45, 2.75) is 78.3 Å². The van der Waals surface area contributed by atoms with Crippen LogP contribution in [0.15, 0.2) is 0 Å². The highest BCUT2D eigenvalue weighted by atomic mass is 16.2. The molecule has 1 aliphatic heterocycles. The average molecular weight is 268 g/mol. The van der Waals surface area contributed by atoms with Gasteiger partial charge in [0.2, 0.25) is 5.91 Å². The number of nitrogens with one attached hydrogen (secondary N) is 1. The molecule has 0 aliphatic carbocycles. The Morgan fingerprint density at radius 2 is 1.68 bits per heavy atom. The first-order valence-corrected chi connectivity index (χ1v) is 8.05. The van der Waals surface area contributed by atoms with Crippen molar-refractivity contribution in [1.82, 2.24) is 10.2 Å². The topological polar surface area (TPSA) is 32.3 Å². The summed E-state index contributed by atoms with van der Waals surface area (Å²) in [5.74, 6) is 1.06. The van der Waals surface area contributed by atoms with E-state index in [2.05, 4.69) is 26.1 Å². The highest BCUT2D eigenvalue weighted by Gasteiger charge is 2.22. The van der Waals surface area contributed by atoms with Crippen LogP contribution in [0.2, 0.25) is 0 Å². The summed E-state index contributed by atoms with van der Waals surface area (Å²) < 4.78 is 0. The van der Waals surface area contributed by atoms with Gasteiger partial charge < -0.3 is 10.2 Å². The van der Waals surface area contributed by atoms with E-state index in [9.17, 15) is 4.79 Å². The molecule has 3 heteroatoms. The predicted octanol–water partition coefficient (Wildman–Crippen LogP) is 3.19. The molecule has 1 N–H and O–H groups in total. The molecule has 0 saturated carbocycles. The Kier molecular flexibility index (Phi) is 7.44. The lowest BCUT2D eigenvalue weighted by Gasteiger charge is -2.30. The summed E-state index contributed by atoms with van der Waals surface area (Å²) in [5.41, 5.74) is 0. The number of piperidine rings is 1. The molecule has 1 aliphatic rings. The summed E-state index contributed by atoms with van der Waals surface area (Å²) in [7, 11) is 0. The van der Waals surface area contributed by atoms with Gasteiger partial charge >= 0.3 is 0 Å². The summed E-state index contributed by atoms with van der Waals surface area (Å²) in [6.45, 7) is 10.6. The van der Waals surface area contributed by atoms with E-state index >= 15 is 0 Å². The van der Waals surface area contributed by atoms with Gasteiger partial charge in [0.25, 0.3) is 0 Å². The fourth-order valence-corrected chi connectivity index (χ4v) is 2.80. The third-order valence-corrected chi connectivity index (χ3v) is 3.99. The monoisotopic (exact) mass is 268 g/mol. The van der Waals surface area contributed by atoms with Gasteiger partial charge in [-0.3, -0.25) is 4.79 Å². The minimum Gasteiger partial charge on any atom is -0.341 e. The molecule has 1 amide bonds. The van der Waals surface area contributed by atoms with Crippen LogP contribution in [0.4, 0.5) is 0 Å². The number of amides is 1. The number of rotatable bonds is 7. The van der Waals surface area contributed by atoms with Crippen molar-refractivity contribution in [3.05, 3.63) is 0 Å². The lowest BCUT2D eigenvalue weighted by Crippen LogP contribution is -2.49. The van der Waals surface area contributed by atoms with Gasteiger partial charge in [-0.25, -0.2) is 0 Å². The van der Waals surface area contributed by atoms with Crippen LogP contribution < -0.4 is 5.32 Å². The summed E-state index contributed by atoms with van der Waals surface area (Å²) in [4.78, 5) is 14.3. The third-order valence-electron chi connectivity index (χ3n) is 3.99. The molecule has 1 saturated heterocycles. The molecule has 0 spiro atoms. The highest BCUT2D eigenvalue weighted by Crippen LogP contribution is 2.11. The molecular weight excluding hydrogens is 236 g/mol. The minimum atomic E-state index is -0.0350. The molecule has 3 nitrogen and oxygen atoms in total. The minimum absolute atomic E-state index is 0.0350. The first-order chi connectivity index (χ1) is 9.00. The van der Waals surface area contributed by atoms with E-state index in [0.29, 0.717) is 6.04 Å². The molecule has 2 atom stereocenters. The van der Waals surface area contributed by atoms with Crippen molar-refractivity contribution in [2.24, 2.45) is 5.92 Å². The normalized spacial score (nSPS) is 19.5. The molecule has 0 aromatic rings. The van der Waals surface area contributed by atoms with Crippen LogP contribution in [-0.2, 0) is 4.79 Å². The zero-order chi connectivity index (χ0) is 14.3. The zero-order valence-electron chi connectivity index (χ0n) is 13.2. The SMILES string of the molecule is CC(C)CCCC(C)NC(C)C(=O)N1CCCCC1. The smallest absolute Gasteiger partial charge is 0.239 e. The Hall–Kier alpha value is -0.570. The van der Waals surface area contributed by atoms with Crippen LogP contribution in [0, 0.1) is 5.92 Å². The number of nitrogens with zero attached hydrogens (tertiary/aromatic N) is 1. The standard InChI is InChI=1S/C16H32N2O/c1-13(2)9-8-10-14(3)17-15(4)16(19)18-11-6-5-7-12-18/h13-15,17H,5-12H2,1-4H3. The van der Waals surface area contributed by atoms with Crippen molar-refractivity contribution in [3.8, 4) is 0 Å². The largest absolute Gasteiger partial charge is 0.341 e. The van der Waals surface area contributed by atoms with Crippen LogP contribution in [0.25, 0.3) is 0 Å². The van der Waals surface area contributed by atoms with E-state index in [0.717, 1.165) is 25.4 Å². The molecule has 2 unspecified atom stereocenters. The van der Waals surface area contributed by atoms with Crippen molar-refractivity contribution in [1.29, 1.82) is 0 Å². The van der Waals surface area contributed by atoms with Gasteiger partial charge in [-0.15, -0.1) is 0 Å². The number of carbonyl (C=O) groups is 1. The number of likely N-dealkylation sites (tertiary alicyclic amines) is 1. The number of hydrogen-bond acceptors (Lipinski definition) is 2. The van der Waals surface area contributed by atoms with Crippen molar-refractivity contribution in [3.63, 3.8) is 0 Å². The summed E-state index contributed by atoms with van der Waals surface area (Å²) in [6, 6.07) is 0.398. The zero-order valence-corrected chi connectivity index (χ0v) is 13.2. The fourth-order valence-electron chi connectivity index (χ4n) is 2.80. The molecular formula is C16H32N2O. The molecule has 0 bridgehead atoms. The van der Waals surface area contributed by atoms with Crippen LogP contribution in [-0.4, -0.2) is 36.0 Å². The summed E-state index contributed by atoms with van der Waals surface area (Å²) >= 11 is 0. The molecule has 112 valence electrons. The van der Waals surface area contributed by atoms with Crippen molar-refractivity contribution >= 4 is 5.91 Å². The number of carbonyl (C=O) groups excluding carboxylic acids is 1. The molecule has 0 aromatic carbocycles. The summed E-state index contributed by atoms with van der Waals surface area (Å²) in [5, 5.41) is 3.46. The van der Waals surface area contributed by atoms with E-state index in [-0.39, 0.29) is 11.9 Å². The second-order valence-corrected chi connectivity index (χ2v) is 6.50. The highest BCUT2D eigenvalue weighted by molar-refractivity contribution is 5.81. The maximum Gasteiger partial charge on any atom is 0.239 e. The van der Waals surface area contributed by atoms with E-state index in [4.69, 9.17) is 0 Å². The second-order valence-electron chi connectivity index (χ2n) is 6.50. The van der Waals surface area contributed by atoms with E-state index in [1.807, 2.05) is 11.8 Å². The number of hydrogen-bond donors (Lipinski definition) is 1. The molecule has 1 fully saturated rings. The first kappa shape index (κ1) is 16.5.